The van der Waals surface area contributed by atoms with E-state index in [2.05, 4.69) is 5.32 Å². The first-order valence-electron chi connectivity index (χ1n) is 6.59. The van der Waals surface area contributed by atoms with Gasteiger partial charge in [0.2, 0.25) is 5.91 Å². The maximum atomic E-state index is 12.6. The molecule has 23 heavy (non-hydrogen) atoms. The van der Waals surface area contributed by atoms with Crippen LogP contribution in [0.5, 0.6) is 5.75 Å². The molecule has 2 rings (SSSR count). The average molecular weight is 344 g/mol. The van der Waals surface area contributed by atoms with Crippen LogP contribution in [-0.2, 0) is 17.4 Å². The number of nitrogens with one attached hydrogen (secondary N) is 1. The summed E-state index contributed by atoms with van der Waals surface area (Å²) in [5, 5.41) is 2.32. The number of methoxy groups -OCH3 is 1. The molecular weight excluding hydrogens is 331 g/mol. The summed E-state index contributed by atoms with van der Waals surface area (Å²) in [7, 11) is 1.49. The zero-order valence-corrected chi connectivity index (χ0v) is 12.8. The van der Waals surface area contributed by atoms with Crippen LogP contribution in [0.1, 0.15) is 11.1 Å². The van der Waals surface area contributed by atoms with E-state index in [1.807, 2.05) is 0 Å². The zero-order chi connectivity index (χ0) is 17.0. The second kappa shape index (κ2) is 6.91. The van der Waals surface area contributed by atoms with Gasteiger partial charge in [-0.05, 0) is 24.3 Å². The van der Waals surface area contributed by atoms with E-state index in [1.165, 1.54) is 7.11 Å². The van der Waals surface area contributed by atoms with E-state index in [9.17, 15) is 18.0 Å². The quantitative estimate of drug-likeness (QED) is 0.884. The van der Waals surface area contributed by atoms with Crippen LogP contribution in [-0.4, -0.2) is 13.0 Å². The largest absolute Gasteiger partial charge is 0.496 e. The first kappa shape index (κ1) is 17.1. The summed E-state index contributed by atoms with van der Waals surface area (Å²) in [6.07, 6.45) is -4.47. The Morgan fingerprint density at radius 1 is 1.22 bits per heavy atom. The molecular formula is C16H13ClF3NO2. The first-order valence-corrected chi connectivity index (χ1v) is 6.97. The molecule has 3 nitrogen and oxygen atoms in total. The number of carbonyl (C=O) groups is 1. The number of benzene rings is 2. The molecule has 0 aromatic heterocycles. The lowest BCUT2D eigenvalue weighted by Gasteiger charge is -2.12. The number of rotatable bonds is 4. The third-order valence-corrected chi connectivity index (χ3v) is 3.43. The Morgan fingerprint density at radius 3 is 2.52 bits per heavy atom. The second-order valence-corrected chi connectivity index (χ2v) is 5.14. The fourth-order valence-corrected chi connectivity index (χ4v) is 2.24. The Kier molecular flexibility index (Phi) is 5.15. The molecule has 0 fully saturated rings. The van der Waals surface area contributed by atoms with Crippen LogP contribution < -0.4 is 10.1 Å². The molecule has 1 N–H and O–H groups in total. The van der Waals surface area contributed by atoms with Crippen molar-refractivity contribution in [1.29, 1.82) is 0 Å². The molecule has 122 valence electrons. The summed E-state index contributed by atoms with van der Waals surface area (Å²) in [6, 6.07) is 9.75. The van der Waals surface area contributed by atoms with E-state index in [0.29, 0.717) is 11.3 Å². The minimum absolute atomic E-state index is 0.0152. The van der Waals surface area contributed by atoms with Crippen LogP contribution in [0.15, 0.2) is 42.5 Å². The molecule has 0 aliphatic rings. The van der Waals surface area contributed by atoms with Crippen LogP contribution in [0, 0.1) is 0 Å². The Hall–Kier alpha value is -2.21. The molecule has 0 heterocycles. The van der Waals surface area contributed by atoms with Gasteiger partial charge in [0.25, 0.3) is 0 Å². The number of halogens is 4. The van der Waals surface area contributed by atoms with Gasteiger partial charge in [0, 0.05) is 5.56 Å². The molecule has 7 heteroatoms. The summed E-state index contributed by atoms with van der Waals surface area (Å²) in [4.78, 5) is 12.0. The number of hydrogen-bond acceptors (Lipinski definition) is 2. The van der Waals surface area contributed by atoms with E-state index in [0.717, 1.165) is 18.2 Å². The van der Waals surface area contributed by atoms with Crippen LogP contribution >= 0.6 is 11.6 Å². The van der Waals surface area contributed by atoms with Crippen molar-refractivity contribution >= 4 is 23.2 Å². The van der Waals surface area contributed by atoms with Gasteiger partial charge in [-0.2, -0.15) is 13.2 Å². The number of ether oxygens (including phenoxy) is 1. The van der Waals surface area contributed by atoms with Gasteiger partial charge in [-0.15, -0.1) is 0 Å². The van der Waals surface area contributed by atoms with Crippen molar-refractivity contribution in [1.82, 2.24) is 0 Å². The minimum atomic E-state index is -4.48. The predicted octanol–water partition coefficient (Wildman–Crippen LogP) is 4.55. The van der Waals surface area contributed by atoms with Gasteiger partial charge in [-0.25, -0.2) is 0 Å². The lowest BCUT2D eigenvalue weighted by atomic mass is 10.1. The Labute approximate surface area is 136 Å². The third kappa shape index (κ3) is 4.39. The van der Waals surface area contributed by atoms with E-state index < -0.39 is 17.6 Å². The number of carbonyl (C=O) groups excluding carboxylic acids is 1. The van der Waals surface area contributed by atoms with Crippen molar-refractivity contribution in [2.75, 3.05) is 12.4 Å². The molecule has 1 amide bonds. The summed E-state index contributed by atoms with van der Waals surface area (Å²) >= 11 is 5.80. The number of hydrogen-bond donors (Lipinski definition) is 1. The van der Waals surface area contributed by atoms with Gasteiger partial charge in [0.05, 0.1) is 29.8 Å². The lowest BCUT2D eigenvalue weighted by Crippen LogP contribution is -2.15. The van der Waals surface area contributed by atoms with Crippen molar-refractivity contribution < 1.29 is 22.7 Å². The number of alkyl halides is 3. The smallest absolute Gasteiger partial charge is 0.416 e. The van der Waals surface area contributed by atoms with Gasteiger partial charge in [0.1, 0.15) is 5.75 Å². The standard InChI is InChI=1S/C16H13ClF3NO2/c1-23-14-5-3-2-4-10(14)8-15(22)21-13-7-6-11(9-12(13)17)16(18,19)20/h2-7,9H,8H2,1H3,(H,21,22). The number of para-hydroxylation sites is 1. The summed E-state index contributed by atoms with van der Waals surface area (Å²) in [5.41, 5.74) is -0.0830. The fraction of sp³-hybridized carbons (Fsp3) is 0.188. The van der Waals surface area contributed by atoms with Crippen LogP contribution in [0.4, 0.5) is 18.9 Å². The van der Waals surface area contributed by atoms with Crippen LogP contribution in [0.25, 0.3) is 0 Å². The SMILES string of the molecule is COc1ccccc1CC(=O)Nc1ccc(C(F)(F)F)cc1Cl. The van der Waals surface area contributed by atoms with Crippen molar-refractivity contribution in [2.45, 2.75) is 12.6 Å². The normalized spacial score (nSPS) is 11.2. The molecule has 0 bridgehead atoms. The van der Waals surface area contributed by atoms with E-state index in [-0.39, 0.29) is 17.1 Å². The highest BCUT2D eigenvalue weighted by Crippen LogP contribution is 2.33. The molecule has 0 unspecified atom stereocenters. The number of anilines is 1. The van der Waals surface area contributed by atoms with E-state index >= 15 is 0 Å². The van der Waals surface area contributed by atoms with Gasteiger partial charge >= 0.3 is 6.18 Å². The van der Waals surface area contributed by atoms with Gasteiger partial charge in [-0.1, -0.05) is 29.8 Å². The highest BCUT2D eigenvalue weighted by Gasteiger charge is 2.31. The molecule has 0 saturated heterocycles. The molecule has 0 atom stereocenters. The molecule has 2 aromatic carbocycles. The topological polar surface area (TPSA) is 38.3 Å². The van der Waals surface area contributed by atoms with Gasteiger partial charge in [0.15, 0.2) is 0 Å². The molecule has 2 aromatic rings. The van der Waals surface area contributed by atoms with Crippen molar-refractivity contribution in [2.24, 2.45) is 0 Å². The highest BCUT2D eigenvalue weighted by atomic mass is 35.5. The van der Waals surface area contributed by atoms with Crippen LogP contribution in [0.3, 0.4) is 0 Å². The third-order valence-electron chi connectivity index (χ3n) is 3.11. The fourth-order valence-electron chi connectivity index (χ4n) is 2.01. The van der Waals surface area contributed by atoms with E-state index in [4.69, 9.17) is 16.3 Å². The second-order valence-electron chi connectivity index (χ2n) is 4.73. The molecule has 0 spiro atoms. The van der Waals surface area contributed by atoms with Gasteiger partial charge < -0.3 is 10.1 Å². The van der Waals surface area contributed by atoms with Crippen LogP contribution in [0.2, 0.25) is 5.02 Å². The lowest BCUT2D eigenvalue weighted by molar-refractivity contribution is -0.137. The van der Waals surface area contributed by atoms with Crippen molar-refractivity contribution in [3.63, 3.8) is 0 Å². The predicted molar refractivity (Wildman–Crippen MR) is 81.8 cm³/mol. The Bertz CT molecular complexity index is 717. The molecule has 0 aliphatic carbocycles. The number of amides is 1. The van der Waals surface area contributed by atoms with Crippen molar-refractivity contribution in [3.05, 3.63) is 58.6 Å². The summed E-state index contributed by atoms with van der Waals surface area (Å²) in [6.45, 7) is 0. The van der Waals surface area contributed by atoms with Crippen molar-refractivity contribution in [3.8, 4) is 5.75 Å². The summed E-state index contributed by atoms with van der Waals surface area (Å²) in [5.74, 6) is 0.150. The maximum Gasteiger partial charge on any atom is 0.416 e. The maximum absolute atomic E-state index is 12.6. The Morgan fingerprint density at radius 2 is 1.91 bits per heavy atom. The Balaban J connectivity index is 2.12. The van der Waals surface area contributed by atoms with E-state index in [1.54, 1.807) is 24.3 Å². The average Bonchev–Trinajstić information content (AvgIpc) is 2.48. The first-order chi connectivity index (χ1) is 10.8. The zero-order valence-electron chi connectivity index (χ0n) is 12.1. The monoisotopic (exact) mass is 343 g/mol. The molecule has 0 aliphatic heterocycles. The van der Waals surface area contributed by atoms with Gasteiger partial charge in [-0.3, -0.25) is 4.79 Å². The molecule has 0 saturated carbocycles. The molecule has 0 radical (unpaired) electrons. The minimum Gasteiger partial charge on any atom is -0.496 e. The summed E-state index contributed by atoms with van der Waals surface area (Å²) < 4.78 is 42.9. The highest BCUT2D eigenvalue weighted by molar-refractivity contribution is 6.33.